The molecule has 0 aliphatic heterocycles. The van der Waals surface area contributed by atoms with Gasteiger partial charge >= 0.3 is 6.09 Å². The standard InChI is InChI=1S/C10H13NO4S/c1-7(2)16(14,15)9-5-3-8(4-6-9)11-10(12)13/h3-7,11H,1-2H3,(H,12,13). The zero-order valence-corrected chi connectivity index (χ0v) is 9.78. The number of carboxylic acid groups (broad SMARTS) is 1. The van der Waals surface area contributed by atoms with Gasteiger partial charge < -0.3 is 5.11 Å². The van der Waals surface area contributed by atoms with E-state index < -0.39 is 21.2 Å². The molecule has 0 saturated heterocycles. The lowest BCUT2D eigenvalue weighted by Crippen LogP contribution is -2.14. The van der Waals surface area contributed by atoms with Crippen molar-refractivity contribution in [1.29, 1.82) is 0 Å². The molecule has 0 fully saturated rings. The van der Waals surface area contributed by atoms with Crippen LogP contribution in [0.15, 0.2) is 29.2 Å². The van der Waals surface area contributed by atoms with E-state index in [4.69, 9.17) is 5.11 Å². The highest BCUT2D eigenvalue weighted by Crippen LogP contribution is 2.18. The average molecular weight is 243 g/mol. The normalized spacial score (nSPS) is 11.4. The summed E-state index contributed by atoms with van der Waals surface area (Å²) in [5.74, 6) is 0. The summed E-state index contributed by atoms with van der Waals surface area (Å²) in [7, 11) is -3.30. The molecule has 0 bridgehead atoms. The van der Waals surface area contributed by atoms with Gasteiger partial charge in [0, 0.05) is 5.69 Å². The zero-order valence-electron chi connectivity index (χ0n) is 8.97. The Bertz CT molecular complexity index is 476. The van der Waals surface area contributed by atoms with Crippen LogP contribution in [0.3, 0.4) is 0 Å². The summed E-state index contributed by atoms with van der Waals surface area (Å²) >= 11 is 0. The fraction of sp³-hybridized carbons (Fsp3) is 0.300. The van der Waals surface area contributed by atoms with E-state index in [9.17, 15) is 13.2 Å². The lowest BCUT2D eigenvalue weighted by molar-refractivity contribution is 0.210. The Labute approximate surface area is 94.0 Å². The van der Waals surface area contributed by atoms with E-state index in [2.05, 4.69) is 5.32 Å². The number of nitrogens with one attached hydrogen (secondary N) is 1. The molecule has 0 spiro atoms. The molecular weight excluding hydrogens is 230 g/mol. The van der Waals surface area contributed by atoms with Gasteiger partial charge in [0.1, 0.15) is 0 Å². The van der Waals surface area contributed by atoms with Crippen molar-refractivity contribution in [3.05, 3.63) is 24.3 Å². The van der Waals surface area contributed by atoms with E-state index in [1.807, 2.05) is 0 Å². The maximum absolute atomic E-state index is 11.7. The Kier molecular flexibility index (Phi) is 3.54. The first kappa shape index (κ1) is 12.5. The number of anilines is 1. The maximum Gasteiger partial charge on any atom is 0.409 e. The smallest absolute Gasteiger partial charge is 0.409 e. The van der Waals surface area contributed by atoms with Crippen molar-refractivity contribution in [2.45, 2.75) is 24.0 Å². The second kappa shape index (κ2) is 4.52. The van der Waals surface area contributed by atoms with Gasteiger partial charge in [-0.3, -0.25) is 5.32 Å². The molecule has 1 amide bonds. The van der Waals surface area contributed by atoms with E-state index in [0.717, 1.165) is 0 Å². The molecule has 0 unspecified atom stereocenters. The highest BCUT2D eigenvalue weighted by molar-refractivity contribution is 7.92. The number of hydrogen-bond acceptors (Lipinski definition) is 3. The third-order valence-electron chi connectivity index (χ3n) is 2.05. The zero-order chi connectivity index (χ0) is 12.3. The SMILES string of the molecule is CC(C)S(=O)(=O)c1ccc(NC(=O)O)cc1. The van der Waals surface area contributed by atoms with Gasteiger partial charge in [0.2, 0.25) is 0 Å². The average Bonchev–Trinajstić information content (AvgIpc) is 2.17. The predicted octanol–water partition coefficient (Wildman–Crippen LogP) is 1.96. The van der Waals surface area contributed by atoms with Crippen LogP contribution in [-0.4, -0.2) is 24.9 Å². The van der Waals surface area contributed by atoms with Gasteiger partial charge in [0.15, 0.2) is 9.84 Å². The molecule has 1 aromatic carbocycles. The highest BCUT2D eigenvalue weighted by Gasteiger charge is 2.18. The quantitative estimate of drug-likeness (QED) is 0.850. The predicted molar refractivity (Wildman–Crippen MR) is 60.4 cm³/mol. The van der Waals surface area contributed by atoms with Gasteiger partial charge in [-0.05, 0) is 38.1 Å². The first-order chi connectivity index (χ1) is 7.34. The summed E-state index contributed by atoms with van der Waals surface area (Å²) in [4.78, 5) is 10.5. The number of carbonyl (C=O) groups is 1. The van der Waals surface area contributed by atoms with Gasteiger partial charge in [-0.15, -0.1) is 0 Å². The van der Waals surface area contributed by atoms with E-state index in [0.29, 0.717) is 5.69 Å². The summed E-state index contributed by atoms with van der Waals surface area (Å²) in [6, 6.07) is 5.62. The van der Waals surface area contributed by atoms with Crippen molar-refractivity contribution >= 4 is 21.6 Å². The Morgan fingerprint density at radius 2 is 1.75 bits per heavy atom. The van der Waals surface area contributed by atoms with Crippen LogP contribution in [0.2, 0.25) is 0 Å². The van der Waals surface area contributed by atoms with Crippen molar-refractivity contribution in [2.75, 3.05) is 5.32 Å². The van der Waals surface area contributed by atoms with Crippen LogP contribution >= 0.6 is 0 Å². The van der Waals surface area contributed by atoms with Crippen molar-refractivity contribution in [3.63, 3.8) is 0 Å². The minimum absolute atomic E-state index is 0.193. The van der Waals surface area contributed by atoms with Crippen LogP contribution in [0.25, 0.3) is 0 Å². The molecule has 0 atom stereocenters. The summed E-state index contributed by atoms with van der Waals surface area (Å²) in [5, 5.41) is 10.1. The molecule has 0 aliphatic rings. The lowest BCUT2D eigenvalue weighted by Gasteiger charge is -2.08. The van der Waals surface area contributed by atoms with Gasteiger partial charge in [-0.1, -0.05) is 0 Å². The minimum atomic E-state index is -3.30. The van der Waals surface area contributed by atoms with Crippen molar-refractivity contribution in [1.82, 2.24) is 0 Å². The molecule has 1 aromatic rings. The number of sulfone groups is 1. The number of amides is 1. The third-order valence-corrected chi connectivity index (χ3v) is 4.23. The van der Waals surface area contributed by atoms with Crippen LogP contribution in [0.1, 0.15) is 13.8 Å². The van der Waals surface area contributed by atoms with Gasteiger partial charge in [0.25, 0.3) is 0 Å². The van der Waals surface area contributed by atoms with E-state index in [1.165, 1.54) is 24.3 Å². The Balaban J connectivity index is 3.00. The van der Waals surface area contributed by atoms with Crippen molar-refractivity contribution in [2.24, 2.45) is 0 Å². The van der Waals surface area contributed by atoms with Crippen LogP contribution in [0.4, 0.5) is 10.5 Å². The first-order valence-electron chi connectivity index (χ1n) is 4.68. The molecule has 5 nitrogen and oxygen atoms in total. The topological polar surface area (TPSA) is 83.5 Å². The highest BCUT2D eigenvalue weighted by atomic mass is 32.2. The van der Waals surface area contributed by atoms with Crippen LogP contribution in [0, 0.1) is 0 Å². The fourth-order valence-electron chi connectivity index (χ4n) is 1.12. The second-order valence-electron chi connectivity index (χ2n) is 3.55. The second-order valence-corrected chi connectivity index (χ2v) is 6.05. The first-order valence-corrected chi connectivity index (χ1v) is 6.22. The monoisotopic (exact) mass is 243 g/mol. The van der Waals surface area contributed by atoms with Crippen LogP contribution in [-0.2, 0) is 9.84 Å². The van der Waals surface area contributed by atoms with Gasteiger partial charge in [0.05, 0.1) is 10.1 Å². The molecular formula is C10H13NO4S. The fourth-order valence-corrected chi connectivity index (χ4v) is 2.18. The van der Waals surface area contributed by atoms with E-state index >= 15 is 0 Å². The number of hydrogen-bond donors (Lipinski definition) is 2. The van der Waals surface area contributed by atoms with Crippen molar-refractivity contribution in [3.8, 4) is 0 Å². The Morgan fingerprint density at radius 1 is 1.25 bits per heavy atom. The number of benzene rings is 1. The van der Waals surface area contributed by atoms with Crippen molar-refractivity contribution < 1.29 is 18.3 Å². The van der Waals surface area contributed by atoms with Crippen LogP contribution < -0.4 is 5.32 Å². The van der Waals surface area contributed by atoms with E-state index in [-0.39, 0.29) is 4.90 Å². The van der Waals surface area contributed by atoms with Gasteiger partial charge in [-0.25, -0.2) is 13.2 Å². The summed E-state index contributed by atoms with van der Waals surface area (Å²) in [5.41, 5.74) is 0.343. The summed E-state index contributed by atoms with van der Waals surface area (Å²) in [6.07, 6.45) is -1.18. The largest absolute Gasteiger partial charge is 0.465 e. The lowest BCUT2D eigenvalue weighted by atomic mass is 10.3. The molecule has 0 radical (unpaired) electrons. The third kappa shape index (κ3) is 2.73. The summed E-state index contributed by atoms with van der Waals surface area (Å²) in [6.45, 7) is 3.19. The van der Waals surface area contributed by atoms with E-state index in [1.54, 1.807) is 13.8 Å². The summed E-state index contributed by atoms with van der Waals surface area (Å²) < 4.78 is 23.5. The molecule has 1 rings (SSSR count). The molecule has 0 aromatic heterocycles. The van der Waals surface area contributed by atoms with Gasteiger partial charge in [-0.2, -0.15) is 0 Å². The molecule has 88 valence electrons. The Hall–Kier alpha value is -1.56. The molecule has 16 heavy (non-hydrogen) atoms. The molecule has 0 aliphatic carbocycles. The molecule has 0 heterocycles. The van der Waals surface area contributed by atoms with Crippen LogP contribution in [0.5, 0.6) is 0 Å². The Morgan fingerprint density at radius 3 is 2.12 bits per heavy atom. The number of rotatable bonds is 3. The molecule has 0 saturated carbocycles. The minimum Gasteiger partial charge on any atom is -0.465 e. The molecule has 2 N–H and O–H groups in total. The molecule has 6 heteroatoms. The maximum atomic E-state index is 11.7.